The van der Waals surface area contributed by atoms with Crippen LogP contribution in [0.25, 0.3) is 0 Å². The van der Waals surface area contributed by atoms with Crippen LogP contribution in [0.15, 0.2) is 16.0 Å². The molecule has 0 amide bonds. The minimum absolute atomic E-state index is 0.118. The number of thioether (sulfide) groups is 1. The standard InChI is InChI=1S/C15H22N4OS/c1-10(2)19-15(9-16)6-4-5-12(8-15)21-14-17-11(3)7-13(20)18-14/h7,10,12,19H,4-6,8H2,1-3H3,(H,17,18,20). The number of nitrogens with one attached hydrogen (secondary N) is 2. The van der Waals surface area contributed by atoms with E-state index in [1.807, 2.05) is 6.92 Å². The predicted molar refractivity (Wildman–Crippen MR) is 84.3 cm³/mol. The minimum Gasteiger partial charge on any atom is -0.301 e. The van der Waals surface area contributed by atoms with Crippen LogP contribution in [-0.2, 0) is 0 Å². The average molecular weight is 306 g/mol. The van der Waals surface area contributed by atoms with Gasteiger partial charge in [-0.15, -0.1) is 0 Å². The smallest absolute Gasteiger partial charge is 0.251 e. The highest BCUT2D eigenvalue weighted by Gasteiger charge is 2.37. The van der Waals surface area contributed by atoms with Crippen LogP contribution in [0, 0.1) is 18.3 Å². The van der Waals surface area contributed by atoms with E-state index in [1.165, 1.54) is 6.07 Å². The van der Waals surface area contributed by atoms with Crippen LogP contribution in [0.4, 0.5) is 0 Å². The highest BCUT2D eigenvalue weighted by Crippen LogP contribution is 2.37. The Morgan fingerprint density at radius 3 is 3.00 bits per heavy atom. The van der Waals surface area contributed by atoms with E-state index in [-0.39, 0.29) is 11.6 Å². The van der Waals surface area contributed by atoms with Crippen molar-refractivity contribution < 1.29 is 0 Å². The summed E-state index contributed by atoms with van der Waals surface area (Å²) in [6, 6.07) is 4.24. The minimum atomic E-state index is -0.450. The first-order valence-corrected chi connectivity index (χ1v) is 8.24. The molecule has 0 saturated heterocycles. The molecular formula is C15H22N4OS. The second-order valence-electron chi connectivity index (χ2n) is 6.02. The number of nitrogens with zero attached hydrogens (tertiary/aromatic N) is 2. The van der Waals surface area contributed by atoms with Crippen molar-refractivity contribution in [1.29, 1.82) is 5.26 Å². The molecule has 1 aliphatic rings. The van der Waals surface area contributed by atoms with Gasteiger partial charge in [-0.2, -0.15) is 5.26 Å². The second-order valence-corrected chi connectivity index (χ2v) is 7.31. The molecule has 6 heteroatoms. The summed E-state index contributed by atoms with van der Waals surface area (Å²) in [7, 11) is 0. The van der Waals surface area contributed by atoms with Crippen LogP contribution in [0.2, 0.25) is 0 Å². The summed E-state index contributed by atoms with van der Waals surface area (Å²) in [6.07, 6.45) is 3.73. The summed E-state index contributed by atoms with van der Waals surface area (Å²) < 4.78 is 0. The monoisotopic (exact) mass is 306 g/mol. The Bertz CT molecular complexity index is 592. The van der Waals surface area contributed by atoms with Crippen LogP contribution < -0.4 is 10.9 Å². The Balaban J connectivity index is 2.10. The lowest BCUT2D eigenvalue weighted by Crippen LogP contribution is -2.51. The highest BCUT2D eigenvalue weighted by atomic mass is 32.2. The van der Waals surface area contributed by atoms with Gasteiger partial charge in [0.15, 0.2) is 5.16 Å². The van der Waals surface area contributed by atoms with Crippen LogP contribution in [-0.4, -0.2) is 26.8 Å². The van der Waals surface area contributed by atoms with E-state index in [0.29, 0.717) is 10.4 Å². The van der Waals surface area contributed by atoms with Gasteiger partial charge in [0.25, 0.3) is 5.56 Å². The third-order valence-electron chi connectivity index (χ3n) is 3.61. The van der Waals surface area contributed by atoms with E-state index < -0.39 is 5.54 Å². The first-order chi connectivity index (χ1) is 9.92. The Labute approximate surface area is 129 Å². The third-order valence-corrected chi connectivity index (χ3v) is 4.76. The Kier molecular flexibility index (Phi) is 5.07. The van der Waals surface area contributed by atoms with Crippen molar-refractivity contribution >= 4 is 11.8 Å². The zero-order chi connectivity index (χ0) is 15.5. The van der Waals surface area contributed by atoms with Crippen LogP contribution in [0.5, 0.6) is 0 Å². The number of aromatic amines is 1. The molecule has 2 rings (SSSR count). The fourth-order valence-electron chi connectivity index (χ4n) is 2.91. The molecular weight excluding hydrogens is 284 g/mol. The molecule has 1 saturated carbocycles. The van der Waals surface area contributed by atoms with E-state index in [0.717, 1.165) is 31.4 Å². The topological polar surface area (TPSA) is 81.6 Å². The molecule has 1 aliphatic carbocycles. The molecule has 2 unspecified atom stereocenters. The van der Waals surface area contributed by atoms with Gasteiger partial charge in [0.2, 0.25) is 0 Å². The molecule has 2 atom stereocenters. The third kappa shape index (κ3) is 4.32. The van der Waals surface area contributed by atoms with Crippen LogP contribution in [0.1, 0.15) is 45.2 Å². The number of aryl methyl sites for hydroxylation is 1. The molecule has 1 heterocycles. The largest absolute Gasteiger partial charge is 0.301 e. The molecule has 1 fully saturated rings. The maximum atomic E-state index is 11.5. The Hall–Kier alpha value is -1.32. The maximum absolute atomic E-state index is 11.5. The first kappa shape index (κ1) is 16.1. The van der Waals surface area contributed by atoms with E-state index in [2.05, 4.69) is 35.2 Å². The quantitative estimate of drug-likeness (QED) is 0.835. The molecule has 0 aliphatic heterocycles. The molecule has 1 aromatic rings. The van der Waals surface area contributed by atoms with Gasteiger partial charge in [0, 0.05) is 23.1 Å². The maximum Gasteiger partial charge on any atom is 0.251 e. The fourth-order valence-corrected chi connectivity index (χ4v) is 4.23. The zero-order valence-electron chi connectivity index (χ0n) is 12.8. The van der Waals surface area contributed by atoms with Gasteiger partial charge in [-0.05, 0) is 46.5 Å². The van der Waals surface area contributed by atoms with Crippen LogP contribution in [0.3, 0.4) is 0 Å². The number of nitriles is 1. The van der Waals surface area contributed by atoms with Crippen molar-refractivity contribution in [3.63, 3.8) is 0 Å². The molecule has 0 aromatic carbocycles. The van der Waals surface area contributed by atoms with Crippen molar-refractivity contribution in [3.05, 3.63) is 22.1 Å². The Morgan fingerprint density at radius 2 is 2.38 bits per heavy atom. The lowest BCUT2D eigenvalue weighted by atomic mass is 9.82. The van der Waals surface area contributed by atoms with Gasteiger partial charge < -0.3 is 4.98 Å². The van der Waals surface area contributed by atoms with E-state index >= 15 is 0 Å². The van der Waals surface area contributed by atoms with Crippen molar-refractivity contribution in [2.45, 2.75) is 68.4 Å². The van der Waals surface area contributed by atoms with E-state index in [9.17, 15) is 10.1 Å². The highest BCUT2D eigenvalue weighted by molar-refractivity contribution is 7.99. The molecule has 0 radical (unpaired) electrons. The summed E-state index contributed by atoms with van der Waals surface area (Å²) in [5.74, 6) is 0. The normalized spacial score (nSPS) is 25.8. The van der Waals surface area contributed by atoms with Crippen molar-refractivity contribution in [3.8, 4) is 6.07 Å². The molecule has 2 N–H and O–H groups in total. The van der Waals surface area contributed by atoms with Gasteiger partial charge in [-0.3, -0.25) is 10.1 Å². The number of H-pyrrole nitrogens is 1. The van der Waals surface area contributed by atoms with Crippen molar-refractivity contribution in [2.75, 3.05) is 0 Å². The summed E-state index contributed by atoms with van der Waals surface area (Å²) in [4.78, 5) is 18.6. The van der Waals surface area contributed by atoms with E-state index in [1.54, 1.807) is 11.8 Å². The average Bonchev–Trinajstić information content (AvgIpc) is 2.37. The molecule has 1 aromatic heterocycles. The van der Waals surface area contributed by atoms with Gasteiger partial charge in [-0.25, -0.2) is 4.98 Å². The second kappa shape index (κ2) is 6.63. The molecule has 5 nitrogen and oxygen atoms in total. The predicted octanol–water partition coefficient (Wildman–Crippen LogP) is 2.37. The van der Waals surface area contributed by atoms with E-state index in [4.69, 9.17) is 0 Å². The Morgan fingerprint density at radius 1 is 1.62 bits per heavy atom. The molecule has 0 spiro atoms. The molecule has 114 valence electrons. The van der Waals surface area contributed by atoms with Crippen LogP contribution >= 0.6 is 11.8 Å². The van der Waals surface area contributed by atoms with Crippen molar-refractivity contribution in [2.24, 2.45) is 0 Å². The lowest BCUT2D eigenvalue weighted by Gasteiger charge is -2.37. The fraction of sp³-hybridized carbons (Fsp3) is 0.667. The number of hydrogen-bond donors (Lipinski definition) is 2. The van der Waals surface area contributed by atoms with Gasteiger partial charge in [0.1, 0.15) is 5.54 Å². The zero-order valence-corrected chi connectivity index (χ0v) is 13.6. The number of hydrogen-bond acceptors (Lipinski definition) is 5. The summed E-state index contributed by atoms with van der Waals surface area (Å²) in [6.45, 7) is 5.95. The summed E-state index contributed by atoms with van der Waals surface area (Å²) >= 11 is 1.58. The molecule has 21 heavy (non-hydrogen) atoms. The molecule has 0 bridgehead atoms. The number of aromatic nitrogens is 2. The van der Waals surface area contributed by atoms with Crippen molar-refractivity contribution in [1.82, 2.24) is 15.3 Å². The SMILES string of the molecule is Cc1cc(=O)[nH]c(SC2CCCC(C#N)(NC(C)C)C2)n1. The van der Waals surface area contributed by atoms with Gasteiger partial charge >= 0.3 is 0 Å². The lowest BCUT2D eigenvalue weighted by molar-refractivity contribution is 0.284. The van der Waals surface area contributed by atoms with Gasteiger partial charge in [0.05, 0.1) is 6.07 Å². The number of rotatable bonds is 4. The summed E-state index contributed by atoms with van der Waals surface area (Å²) in [5, 5.41) is 13.9. The first-order valence-electron chi connectivity index (χ1n) is 7.36. The summed E-state index contributed by atoms with van der Waals surface area (Å²) in [5.41, 5.74) is 0.158. The van der Waals surface area contributed by atoms with Gasteiger partial charge in [-0.1, -0.05) is 11.8 Å².